The third-order valence-electron chi connectivity index (χ3n) is 29.4. The Hall–Kier alpha value is -10.9. The van der Waals surface area contributed by atoms with Gasteiger partial charge in [0.15, 0.2) is 0 Å². The number of amides is 5. The van der Waals surface area contributed by atoms with Gasteiger partial charge in [0.25, 0.3) is 0 Å². The first-order chi connectivity index (χ1) is 63.8. The van der Waals surface area contributed by atoms with Crippen LogP contribution in [0.2, 0.25) is 0 Å². The summed E-state index contributed by atoms with van der Waals surface area (Å²) in [5, 5.41) is 78.0. The Labute approximate surface area is 766 Å². The molecule has 24 rings (SSSR count). The van der Waals surface area contributed by atoms with E-state index in [1.807, 2.05) is 24.1 Å². The number of carbonyl (C=O) groups is 4. The van der Waals surface area contributed by atoms with Crippen molar-refractivity contribution in [2.75, 3.05) is 45.0 Å². The molecule has 682 valence electrons. The average molecular weight is 1810 g/mol. The zero-order chi connectivity index (χ0) is 91.1. The van der Waals surface area contributed by atoms with Crippen molar-refractivity contribution in [1.82, 2.24) is 66.0 Å². The first-order valence-electron chi connectivity index (χ1n) is 46.7. The van der Waals surface area contributed by atoms with E-state index in [0.717, 1.165) is 241 Å². The fourth-order valence-electron chi connectivity index (χ4n) is 21.9. The molecule has 132 heavy (non-hydrogen) atoms. The molecule has 5 aromatic heterocycles. The van der Waals surface area contributed by atoms with Crippen molar-refractivity contribution in [3.8, 4) is 34.8 Å². The van der Waals surface area contributed by atoms with Crippen LogP contribution < -0.4 is 55.2 Å². The minimum Gasteiger partial charge on any atom is -0.531 e. The lowest BCUT2D eigenvalue weighted by Gasteiger charge is -2.42. The zero-order valence-corrected chi connectivity index (χ0v) is 74.4. The standard InChI is InChI=1S/C19H19BF2N2O3.C19H19BN4O3.2C19H22BN3O3.C18H23BN2O4S/c21-19(22)6-11(7-19)18(25)24-12-4-10(5-12)14-8-20(26)27-16-9-23-15-3-1-2-13(15)17(14)16;21-7-11-9-24(10-11)19(25)23-13-4-12(5-13)15-6-20(26)27-17-8-22-16-3-1-2-14(16)18(15)17;2*24-19(16-5-2-6-21-16)23-12-7-11(8-12)14-9-20(25)26-17-10-22-15-4-1-3-13(15)18(14)17;1-3-26(23,24)21-8-7-12(2)15(11-21)14-9-19(22)25-17-10-20-16-6-4-5-13(16)18(14)17/h1-2,8-12,26H,3-7H2,(H,24,25);1-2,6,8,11-13,26H,3-5,9-10H2,(H,23,25);2*1,3,9-12,16,21,25H,2,4-8H2,(H,23,24);4-5,9-10,12,15,22H,3,6-8,11H2,1-2H3/t;;2*11?,12?,16-;/m..10./s1. The minimum atomic E-state index is -3.23. The van der Waals surface area contributed by atoms with Gasteiger partial charge in [0.1, 0.15) is 28.7 Å². The minimum absolute atomic E-state index is 0.00788. The van der Waals surface area contributed by atoms with Crippen molar-refractivity contribution < 1.29 is 84.8 Å². The van der Waals surface area contributed by atoms with Crippen LogP contribution in [0.5, 0.6) is 28.7 Å². The van der Waals surface area contributed by atoms with Crippen molar-refractivity contribution >= 4 is 128 Å². The maximum absolute atomic E-state index is 12.9. The zero-order valence-electron chi connectivity index (χ0n) is 73.6. The Morgan fingerprint density at radius 1 is 0.485 bits per heavy atom. The van der Waals surface area contributed by atoms with E-state index < -0.39 is 57.5 Å². The largest absolute Gasteiger partial charge is 0.552 e. The van der Waals surface area contributed by atoms with Gasteiger partial charge in [0.05, 0.1) is 89.3 Å². The normalized spacial score (nSPS) is 27.2. The summed E-state index contributed by atoms with van der Waals surface area (Å²) < 4.78 is 80.1. The predicted molar refractivity (Wildman–Crippen MR) is 495 cm³/mol. The van der Waals surface area contributed by atoms with Crippen LogP contribution in [0.15, 0.2) is 91.2 Å². The van der Waals surface area contributed by atoms with Crippen molar-refractivity contribution in [1.29, 1.82) is 5.26 Å². The number of carbonyl (C=O) groups excluding carboxylic acids is 4. The topological polar surface area (TPSA) is 417 Å². The summed E-state index contributed by atoms with van der Waals surface area (Å²) in [7, 11) is -8.10. The van der Waals surface area contributed by atoms with Gasteiger partial charge in [0, 0.05) is 163 Å². The van der Waals surface area contributed by atoms with Gasteiger partial charge in [0.2, 0.25) is 33.7 Å². The van der Waals surface area contributed by atoms with E-state index in [9.17, 15) is 61.5 Å². The number of halogens is 2. The fraction of sp³-hybridized carbons (Fsp3) is 0.468. The molecule has 5 aromatic rings. The van der Waals surface area contributed by atoms with Crippen molar-refractivity contribution in [3.63, 3.8) is 0 Å². The second-order valence-corrected chi connectivity index (χ2v) is 40.3. The summed E-state index contributed by atoms with van der Waals surface area (Å²) in [5.41, 5.74) is 21.0. The Balaban J connectivity index is 0.000000103. The summed E-state index contributed by atoms with van der Waals surface area (Å²) in [6, 6.07) is 2.57. The molecule has 11 N–H and O–H groups in total. The average Bonchev–Trinajstić information content (AvgIpc) is 1.52. The number of piperidine rings is 1. The molecule has 38 heteroatoms. The number of hydrogen-bond donors (Lipinski definition) is 11. The van der Waals surface area contributed by atoms with E-state index in [4.69, 9.17) is 28.5 Å². The first-order valence-corrected chi connectivity index (χ1v) is 48.4. The molecule has 4 atom stereocenters. The quantitative estimate of drug-likeness (QED) is 0.0474. The molecule has 5 amide bonds. The molecule has 4 saturated heterocycles. The Morgan fingerprint density at radius 2 is 0.803 bits per heavy atom. The number of likely N-dealkylation sites (tertiary alicyclic amines) is 1. The molecule has 0 radical (unpaired) electrons. The third-order valence-corrected chi connectivity index (χ3v) is 31.3. The first kappa shape index (κ1) is 89.0. The lowest BCUT2D eigenvalue weighted by molar-refractivity contribution is -0.151. The number of alkyl halides is 2. The maximum Gasteiger partial charge on any atom is 0.552 e. The van der Waals surface area contributed by atoms with Gasteiger partial charge in [-0.15, -0.1) is 0 Å². The van der Waals surface area contributed by atoms with Crippen LogP contribution >= 0.6 is 0 Å². The molecule has 0 aromatic carbocycles. The van der Waals surface area contributed by atoms with E-state index >= 15 is 0 Å². The summed E-state index contributed by atoms with van der Waals surface area (Å²) in [6.07, 6.45) is 44.2. The second-order valence-electron chi connectivity index (χ2n) is 38.0. The number of aromatic nitrogens is 5. The number of rotatable bonds is 14. The molecule has 2 unspecified atom stereocenters. The number of urea groups is 1. The van der Waals surface area contributed by atoms with Crippen LogP contribution in [0.3, 0.4) is 0 Å². The second kappa shape index (κ2) is 36.8. The number of allylic oxidation sites excluding steroid dienone is 9. The highest BCUT2D eigenvalue weighted by Crippen LogP contribution is 2.54. The van der Waals surface area contributed by atoms with Crippen molar-refractivity contribution in [2.45, 2.75) is 184 Å². The van der Waals surface area contributed by atoms with Crippen LogP contribution in [-0.4, -0.2) is 214 Å². The summed E-state index contributed by atoms with van der Waals surface area (Å²) in [6.45, 7) is 7.73. The van der Waals surface area contributed by atoms with Gasteiger partial charge in [-0.1, -0.05) is 67.7 Å². The lowest BCUT2D eigenvalue weighted by atomic mass is 9.67. The van der Waals surface area contributed by atoms with Gasteiger partial charge in [-0.25, -0.2) is 26.3 Å². The summed E-state index contributed by atoms with van der Waals surface area (Å²) in [5.74, 6) is 10.2. The predicted octanol–water partition coefficient (Wildman–Crippen LogP) is 7.72. The third kappa shape index (κ3) is 18.0. The monoisotopic (exact) mass is 1810 g/mol. The summed E-state index contributed by atoms with van der Waals surface area (Å²) in [4.78, 5) is 72.7. The Kier molecular flexibility index (Phi) is 24.8. The van der Waals surface area contributed by atoms with Gasteiger partial charge in [-0.3, -0.25) is 39.3 Å². The number of nitriles is 1. The van der Waals surface area contributed by atoms with Crippen LogP contribution in [-0.2, 0) is 56.5 Å². The smallest absolute Gasteiger partial charge is 0.531 e. The number of pyridine rings is 5. The maximum atomic E-state index is 12.9. The highest BCUT2D eigenvalue weighted by atomic mass is 32.2. The van der Waals surface area contributed by atoms with Gasteiger partial charge < -0.3 is 85.2 Å². The lowest BCUT2D eigenvalue weighted by Crippen LogP contribution is -2.57. The molecule has 14 heterocycles. The van der Waals surface area contributed by atoms with Crippen LogP contribution in [0.1, 0.15) is 194 Å². The molecule has 19 aliphatic rings. The number of sulfonamides is 1. The molecule has 30 nitrogen and oxygen atoms in total. The number of nitrogens with one attached hydrogen (secondary N) is 6. The SMILES string of the molecule is CCS(=O)(=O)N1CCC(C)C(C2=CB(O)Oc3cnc4c(c32)C=CC4)C1.N#CC1CN(C(=O)NC2CC(C3=CB(O)Oc4cnc5c(c43)C=CC5)C2)C1.O=C(NC1CC(C2=CB(O)Oc3cnc4c(c32)C=CC4)C1)C1CC(F)(F)C1.O=C(NC1CC(C2=CB(O)Oc3cnc4c(c32)C=CC4)C1)[C@@H]1CCCN1.O=C(NC1CC(C2=CB(O)Oc3cnc4c(c32)C=CC4)C1)[C@H]1CCCN1. The van der Waals surface area contributed by atoms with Crippen LogP contribution in [0.25, 0.3) is 58.2 Å². The number of hydrogen-bond acceptors (Lipinski definition) is 24. The molecule has 10 aliphatic carbocycles. The van der Waals surface area contributed by atoms with Gasteiger partial charge >= 0.3 is 41.6 Å². The molecule has 9 aliphatic heterocycles. The van der Waals surface area contributed by atoms with E-state index in [-0.39, 0.29) is 102 Å². The molecule has 9 fully saturated rings. The Morgan fingerprint density at radius 3 is 1.11 bits per heavy atom. The molecule has 0 bridgehead atoms. The van der Waals surface area contributed by atoms with E-state index in [1.165, 1.54) is 0 Å². The van der Waals surface area contributed by atoms with Crippen LogP contribution in [0, 0.1) is 58.7 Å². The van der Waals surface area contributed by atoms with Crippen molar-refractivity contribution in [2.24, 2.45) is 47.3 Å². The fourth-order valence-corrected chi connectivity index (χ4v) is 23.1. The van der Waals surface area contributed by atoms with Crippen molar-refractivity contribution in [3.05, 3.63) is 175 Å². The van der Waals surface area contributed by atoms with E-state index in [1.54, 1.807) is 65.0 Å². The number of fused-ring (bicyclic) bond motifs is 15. The molecular weight excluding hydrogens is 1710 g/mol. The highest BCUT2D eigenvalue weighted by molar-refractivity contribution is 7.89. The van der Waals surface area contributed by atoms with E-state index in [2.05, 4.69) is 118 Å². The molecule has 0 spiro atoms. The molecule has 5 saturated carbocycles. The van der Waals surface area contributed by atoms with Crippen LogP contribution in [0.4, 0.5) is 13.6 Å². The summed E-state index contributed by atoms with van der Waals surface area (Å²) >= 11 is 0. The molecular formula is C94H105B5F2N14O16S. The van der Waals surface area contributed by atoms with Gasteiger partial charge in [-0.05, 0) is 191 Å². The Bertz CT molecular complexity index is 5820. The van der Waals surface area contributed by atoms with Gasteiger partial charge in [-0.2, -0.15) is 5.26 Å². The number of nitrogens with zero attached hydrogens (tertiary/aromatic N) is 8. The van der Waals surface area contributed by atoms with E-state index in [0.29, 0.717) is 72.7 Å². The highest BCUT2D eigenvalue weighted by Gasteiger charge is 2.51.